The maximum absolute atomic E-state index is 14.0. The quantitative estimate of drug-likeness (QED) is 0.909. The van der Waals surface area contributed by atoms with Gasteiger partial charge in [-0.15, -0.1) is 0 Å². The van der Waals surface area contributed by atoms with Crippen LogP contribution in [0.3, 0.4) is 0 Å². The van der Waals surface area contributed by atoms with Crippen molar-refractivity contribution in [2.24, 2.45) is 5.92 Å². The molecule has 0 unspecified atom stereocenters. The van der Waals surface area contributed by atoms with Crippen LogP contribution in [-0.4, -0.2) is 49.1 Å². The van der Waals surface area contributed by atoms with E-state index in [1.807, 2.05) is 4.90 Å². The Labute approximate surface area is 135 Å². The zero-order chi connectivity index (χ0) is 16.6. The Morgan fingerprint density at radius 1 is 1.22 bits per heavy atom. The van der Waals surface area contributed by atoms with Gasteiger partial charge in [0.1, 0.15) is 21.5 Å². The van der Waals surface area contributed by atoms with E-state index in [2.05, 4.69) is 0 Å². The average molecular weight is 345 g/mol. The Kier molecular flexibility index (Phi) is 4.71. The molecule has 2 atom stereocenters. The van der Waals surface area contributed by atoms with Crippen molar-refractivity contribution in [2.75, 3.05) is 24.6 Å². The first-order chi connectivity index (χ1) is 10.8. The summed E-state index contributed by atoms with van der Waals surface area (Å²) >= 11 is 0. The number of nitrogens with zero attached hydrogens (tertiary/aromatic N) is 1. The highest BCUT2D eigenvalue weighted by molar-refractivity contribution is 7.91. The Bertz CT molecular complexity index is 666. The van der Waals surface area contributed by atoms with Crippen LogP contribution in [0.15, 0.2) is 18.2 Å². The Balaban J connectivity index is 1.74. The molecule has 0 bridgehead atoms. The predicted octanol–water partition coefficient (Wildman–Crippen LogP) is 1.90. The molecular weight excluding hydrogens is 324 g/mol. The van der Waals surface area contributed by atoms with Crippen molar-refractivity contribution in [1.29, 1.82) is 0 Å². The summed E-state index contributed by atoms with van der Waals surface area (Å²) in [6.07, 6.45) is 0.973. The fraction of sp³-hybridized carbons (Fsp3) is 0.625. The number of aliphatic hydroxyl groups is 1. The minimum atomic E-state index is -2.92. The zero-order valence-electron chi connectivity index (χ0n) is 12.8. The number of rotatable bonds is 3. The average Bonchev–Trinajstić information content (AvgIpc) is 2.84. The van der Waals surface area contributed by atoms with Gasteiger partial charge in [-0.3, -0.25) is 4.90 Å². The van der Waals surface area contributed by atoms with Gasteiger partial charge in [-0.05, 0) is 43.4 Å². The van der Waals surface area contributed by atoms with E-state index in [0.29, 0.717) is 32.4 Å². The van der Waals surface area contributed by atoms with E-state index in [1.165, 1.54) is 6.07 Å². The third-order valence-electron chi connectivity index (χ3n) is 4.87. The molecule has 128 valence electrons. The maximum Gasteiger partial charge on any atom is 0.150 e. The van der Waals surface area contributed by atoms with Gasteiger partial charge in [-0.25, -0.2) is 17.2 Å². The molecule has 1 aromatic carbocycles. The molecule has 2 saturated heterocycles. The van der Waals surface area contributed by atoms with Crippen molar-refractivity contribution in [3.05, 3.63) is 35.4 Å². The molecule has 0 amide bonds. The van der Waals surface area contributed by atoms with Crippen LogP contribution in [0.2, 0.25) is 0 Å². The molecule has 4 nitrogen and oxygen atoms in total. The summed E-state index contributed by atoms with van der Waals surface area (Å²) in [5.74, 6) is -0.378. The third kappa shape index (κ3) is 3.89. The lowest BCUT2D eigenvalue weighted by atomic mass is 9.99. The first kappa shape index (κ1) is 16.8. The van der Waals surface area contributed by atoms with Gasteiger partial charge < -0.3 is 5.11 Å². The van der Waals surface area contributed by atoms with Gasteiger partial charge in [-0.2, -0.15) is 0 Å². The molecule has 0 spiro atoms. The van der Waals surface area contributed by atoms with Crippen LogP contribution >= 0.6 is 0 Å². The summed E-state index contributed by atoms with van der Waals surface area (Å²) in [6.45, 7) is 1.01. The number of hydrogen-bond donors (Lipinski definition) is 1. The van der Waals surface area contributed by atoms with Gasteiger partial charge in [0, 0.05) is 24.7 Å². The maximum atomic E-state index is 14.0. The molecule has 1 N–H and O–H groups in total. The van der Waals surface area contributed by atoms with E-state index in [0.717, 1.165) is 12.1 Å². The summed E-state index contributed by atoms with van der Waals surface area (Å²) in [5.41, 5.74) is 0.269. The summed E-state index contributed by atoms with van der Waals surface area (Å²) < 4.78 is 50.5. The lowest BCUT2D eigenvalue weighted by Crippen LogP contribution is -2.35. The van der Waals surface area contributed by atoms with E-state index in [-0.39, 0.29) is 29.0 Å². The zero-order valence-corrected chi connectivity index (χ0v) is 13.6. The van der Waals surface area contributed by atoms with Crippen molar-refractivity contribution < 1.29 is 22.3 Å². The van der Waals surface area contributed by atoms with Crippen molar-refractivity contribution >= 4 is 9.84 Å². The Morgan fingerprint density at radius 3 is 2.61 bits per heavy atom. The molecule has 0 aromatic heterocycles. The normalized spacial score (nSPS) is 29.0. The van der Waals surface area contributed by atoms with E-state index in [1.54, 1.807) is 0 Å². The van der Waals surface area contributed by atoms with Gasteiger partial charge in [0.15, 0.2) is 0 Å². The van der Waals surface area contributed by atoms with Gasteiger partial charge in [0.2, 0.25) is 0 Å². The molecule has 7 heteroatoms. The highest BCUT2D eigenvalue weighted by Gasteiger charge is 2.36. The predicted molar refractivity (Wildman–Crippen MR) is 82.7 cm³/mol. The molecule has 2 aliphatic heterocycles. The number of β-amino-alcohol motifs (C(OH)–C–C–N with tert-alkyl or cyclic N) is 1. The number of hydrogen-bond acceptors (Lipinski definition) is 4. The lowest BCUT2D eigenvalue weighted by Gasteiger charge is -2.31. The van der Waals surface area contributed by atoms with E-state index in [9.17, 15) is 22.3 Å². The Morgan fingerprint density at radius 2 is 1.91 bits per heavy atom. The first-order valence-corrected chi connectivity index (χ1v) is 9.74. The van der Waals surface area contributed by atoms with Gasteiger partial charge >= 0.3 is 0 Å². The van der Waals surface area contributed by atoms with Crippen molar-refractivity contribution in [3.8, 4) is 0 Å². The first-order valence-electron chi connectivity index (χ1n) is 7.91. The SMILES string of the molecule is O=S1(=O)CCC(CN2C[C@@H](O)C[C@H]2c2cc(F)ccc2F)CC1. The van der Waals surface area contributed by atoms with Crippen LogP contribution in [0.4, 0.5) is 8.78 Å². The Hall–Kier alpha value is -1.05. The monoisotopic (exact) mass is 345 g/mol. The fourth-order valence-corrected chi connectivity index (χ4v) is 5.22. The van der Waals surface area contributed by atoms with E-state index >= 15 is 0 Å². The van der Waals surface area contributed by atoms with Gasteiger partial charge in [0.05, 0.1) is 17.6 Å². The van der Waals surface area contributed by atoms with Crippen LogP contribution in [-0.2, 0) is 9.84 Å². The van der Waals surface area contributed by atoms with Crippen molar-refractivity contribution in [3.63, 3.8) is 0 Å². The number of benzene rings is 1. The third-order valence-corrected chi connectivity index (χ3v) is 6.58. The van der Waals surface area contributed by atoms with Crippen molar-refractivity contribution in [1.82, 2.24) is 4.90 Å². The van der Waals surface area contributed by atoms with Crippen LogP contribution < -0.4 is 0 Å². The molecule has 2 fully saturated rings. The van der Waals surface area contributed by atoms with Gasteiger partial charge in [-0.1, -0.05) is 0 Å². The topological polar surface area (TPSA) is 57.6 Å². The number of likely N-dealkylation sites (tertiary alicyclic amines) is 1. The molecule has 23 heavy (non-hydrogen) atoms. The molecule has 2 aliphatic rings. The number of aliphatic hydroxyl groups excluding tert-OH is 1. The molecule has 1 aromatic rings. The van der Waals surface area contributed by atoms with Gasteiger partial charge in [0.25, 0.3) is 0 Å². The van der Waals surface area contributed by atoms with Crippen LogP contribution in [0.1, 0.15) is 30.9 Å². The molecule has 0 aliphatic carbocycles. The minimum Gasteiger partial charge on any atom is -0.392 e. The smallest absolute Gasteiger partial charge is 0.150 e. The van der Waals surface area contributed by atoms with Crippen LogP contribution in [0.25, 0.3) is 0 Å². The minimum absolute atomic E-state index is 0.188. The number of halogens is 2. The van der Waals surface area contributed by atoms with E-state index < -0.39 is 27.6 Å². The molecular formula is C16H21F2NO3S. The molecule has 0 saturated carbocycles. The van der Waals surface area contributed by atoms with Crippen LogP contribution in [0.5, 0.6) is 0 Å². The van der Waals surface area contributed by atoms with Crippen LogP contribution in [0, 0.1) is 17.6 Å². The number of sulfone groups is 1. The summed E-state index contributed by atoms with van der Waals surface area (Å²) in [6, 6.07) is 3.02. The molecule has 0 radical (unpaired) electrons. The van der Waals surface area contributed by atoms with E-state index in [4.69, 9.17) is 0 Å². The second kappa shape index (κ2) is 6.45. The standard InChI is InChI=1S/C16H21F2NO3S/c17-12-1-2-15(18)14(7-12)16-8-13(20)10-19(16)9-11-3-5-23(21,22)6-4-11/h1-2,7,11,13,16,20H,3-6,8-10H2/t13-,16-/m0/s1. The summed E-state index contributed by atoms with van der Waals surface area (Å²) in [7, 11) is -2.92. The highest BCUT2D eigenvalue weighted by Crippen LogP contribution is 2.35. The lowest BCUT2D eigenvalue weighted by molar-refractivity contribution is 0.162. The highest BCUT2D eigenvalue weighted by atomic mass is 32.2. The second-order valence-corrected chi connectivity index (χ2v) is 8.92. The van der Waals surface area contributed by atoms with Crippen molar-refractivity contribution in [2.45, 2.75) is 31.4 Å². The fourth-order valence-electron chi connectivity index (χ4n) is 3.63. The summed E-state index contributed by atoms with van der Waals surface area (Å²) in [4.78, 5) is 1.96. The summed E-state index contributed by atoms with van der Waals surface area (Å²) in [5, 5.41) is 9.95. The molecule has 2 heterocycles. The molecule has 3 rings (SSSR count). The largest absolute Gasteiger partial charge is 0.392 e. The second-order valence-electron chi connectivity index (χ2n) is 6.62.